The Bertz CT molecular complexity index is 34.5. The molecule has 0 heterocycles. The first kappa shape index (κ1) is 16.8. The van der Waals surface area contributed by atoms with Crippen LogP contribution in [0.5, 0.6) is 0 Å². The van der Waals surface area contributed by atoms with Gasteiger partial charge in [0.2, 0.25) is 0 Å². The van der Waals surface area contributed by atoms with E-state index in [4.69, 9.17) is 0 Å². The van der Waals surface area contributed by atoms with E-state index in [0.29, 0.717) is 7.92 Å². The molecule has 0 aromatic rings. The maximum atomic E-state index is 2.29. The SMILES string of the molecule is CCP(CC)CC.[Au].[Cl]. The Kier molecular flexibility index (Phi) is 22.7. The molecule has 0 aromatic heterocycles. The van der Waals surface area contributed by atoms with Crippen molar-refractivity contribution in [3.05, 3.63) is 0 Å². The van der Waals surface area contributed by atoms with Crippen molar-refractivity contribution in [2.45, 2.75) is 20.8 Å². The molecule has 0 N–H and O–H groups in total. The largest absolute Gasteiger partial charge is 0.108 e. The van der Waals surface area contributed by atoms with Crippen molar-refractivity contribution in [1.82, 2.24) is 0 Å². The second-order valence-corrected chi connectivity index (χ2v) is 4.86. The molecular weight excluding hydrogens is 335 g/mol. The molecule has 0 fully saturated rings. The molecule has 0 amide bonds. The van der Waals surface area contributed by atoms with Gasteiger partial charge in [-0.25, -0.2) is 0 Å². The van der Waals surface area contributed by atoms with E-state index in [1.165, 1.54) is 18.5 Å². The van der Waals surface area contributed by atoms with Gasteiger partial charge in [0.25, 0.3) is 0 Å². The van der Waals surface area contributed by atoms with Gasteiger partial charge in [0, 0.05) is 34.8 Å². The number of halogens is 1. The van der Waals surface area contributed by atoms with E-state index in [2.05, 4.69) is 20.8 Å². The minimum atomic E-state index is 0. The predicted molar refractivity (Wildman–Crippen MR) is 44.4 cm³/mol. The van der Waals surface area contributed by atoms with Gasteiger partial charge in [-0.1, -0.05) is 20.8 Å². The third kappa shape index (κ3) is 9.46. The third-order valence-corrected chi connectivity index (χ3v) is 4.02. The van der Waals surface area contributed by atoms with Crippen molar-refractivity contribution >= 4 is 20.3 Å². The molecule has 0 bridgehead atoms. The van der Waals surface area contributed by atoms with E-state index >= 15 is 0 Å². The first-order valence-electron chi connectivity index (χ1n) is 3.07. The van der Waals surface area contributed by atoms with Gasteiger partial charge >= 0.3 is 0 Å². The minimum absolute atomic E-state index is 0. The first-order chi connectivity index (χ1) is 3.35. The topological polar surface area (TPSA) is 0 Å². The second-order valence-electron chi connectivity index (χ2n) is 1.62. The summed E-state index contributed by atoms with van der Waals surface area (Å²) in [5.41, 5.74) is 0. The molecule has 0 spiro atoms. The zero-order valence-electron chi connectivity index (χ0n) is 6.25. The van der Waals surface area contributed by atoms with Crippen LogP contribution in [0.15, 0.2) is 0 Å². The van der Waals surface area contributed by atoms with E-state index < -0.39 is 0 Å². The van der Waals surface area contributed by atoms with Crippen LogP contribution in [0.25, 0.3) is 0 Å². The molecule has 0 nitrogen and oxygen atoms in total. The van der Waals surface area contributed by atoms with E-state index in [1.807, 2.05) is 0 Å². The van der Waals surface area contributed by atoms with Crippen LogP contribution in [0.4, 0.5) is 0 Å². The molecule has 0 unspecified atom stereocenters. The fraction of sp³-hybridized carbons (Fsp3) is 1.00. The number of hydrogen-bond donors (Lipinski definition) is 0. The molecule has 0 atom stereocenters. The van der Waals surface area contributed by atoms with Crippen LogP contribution in [0, 0.1) is 0 Å². The first-order valence-corrected chi connectivity index (χ1v) is 4.97. The summed E-state index contributed by atoms with van der Waals surface area (Å²) in [5, 5.41) is 0. The Morgan fingerprint density at radius 2 is 1.11 bits per heavy atom. The van der Waals surface area contributed by atoms with E-state index in [0.717, 1.165) is 0 Å². The van der Waals surface area contributed by atoms with Crippen LogP contribution in [-0.4, -0.2) is 18.5 Å². The summed E-state index contributed by atoms with van der Waals surface area (Å²) < 4.78 is 0. The average Bonchev–Trinajstić information content (AvgIpc) is 1.72. The van der Waals surface area contributed by atoms with Gasteiger partial charge in [0.1, 0.15) is 0 Å². The maximum Gasteiger partial charge on any atom is 0 e. The number of rotatable bonds is 3. The van der Waals surface area contributed by atoms with Crippen molar-refractivity contribution < 1.29 is 22.4 Å². The van der Waals surface area contributed by atoms with Crippen LogP contribution >= 0.6 is 20.3 Å². The van der Waals surface area contributed by atoms with E-state index in [9.17, 15) is 0 Å². The number of hydrogen-bond acceptors (Lipinski definition) is 0. The van der Waals surface area contributed by atoms with Crippen LogP contribution in [-0.2, 0) is 22.4 Å². The second kappa shape index (κ2) is 12.2. The Hall–Kier alpha value is 1.46. The minimum Gasteiger partial charge on any atom is -0.108 e. The third-order valence-electron chi connectivity index (χ3n) is 1.34. The van der Waals surface area contributed by atoms with Crippen molar-refractivity contribution in [3.63, 3.8) is 0 Å². The Morgan fingerprint density at radius 1 is 0.889 bits per heavy atom. The molecule has 0 aliphatic rings. The van der Waals surface area contributed by atoms with Gasteiger partial charge in [-0.05, 0) is 18.5 Å². The molecule has 62 valence electrons. The smallest absolute Gasteiger partial charge is 0 e. The fourth-order valence-corrected chi connectivity index (χ4v) is 2.01. The monoisotopic (exact) mass is 350 g/mol. The van der Waals surface area contributed by atoms with Crippen LogP contribution in [0.3, 0.4) is 0 Å². The van der Waals surface area contributed by atoms with Crippen molar-refractivity contribution in [2.75, 3.05) is 18.5 Å². The Morgan fingerprint density at radius 3 is 1.11 bits per heavy atom. The Labute approximate surface area is 81.9 Å². The molecule has 0 saturated carbocycles. The maximum absolute atomic E-state index is 2.29. The molecule has 0 saturated heterocycles. The van der Waals surface area contributed by atoms with Crippen LogP contribution < -0.4 is 0 Å². The van der Waals surface area contributed by atoms with Gasteiger partial charge in [0.15, 0.2) is 0 Å². The summed E-state index contributed by atoms with van der Waals surface area (Å²) >= 11 is 0. The molecule has 2 radical (unpaired) electrons. The summed E-state index contributed by atoms with van der Waals surface area (Å²) in [5.74, 6) is 0. The molecule has 3 heteroatoms. The van der Waals surface area contributed by atoms with Crippen LogP contribution in [0.1, 0.15) is 20.8 Å². The molecule has 0 rings (SSSR count). The fourth-order valence-electron chi connectivity index (χ4n) is 0.671. The van der Waals surface area contributed by atoms with E-state index in [1.54, 1.807) is 0 Å². The van der Waals surface area contributed by atoms with Gasteiger partial charge in [0.05, 0.1) is 0 Å². The predicted octanol–water partition coefficient (Wildman–Crippen LogP) is 3.22. The van der Waals surface area contributed by atoms with Gasteiger partial charge < -0.3 is 0 Å². The normalized spacial score (nSPS) is 8.00. The average molecular weight is 351 g/mol. The van der Waals surface area contributed by atoms with Crippen LogP contribution in [0.2, 0.25) is 0 Å². The quantitative estimate of drug-likeness (QED) is 0.542. The summed E-state index contributed by atoms with van der Waals surface area (Å²) in [7, 11) is 0.446. The molecule has 9 heavy (non-hydrogen) atoms. The van der Waals surface area contributed by atoms with E-state index in [-0.39, 0.29) is 34.8 Å². The summed E-state index contributed by atoms with van der Waals surface area (Å²) in [4.78, 5) is 0. The molecule has 0 aromatic carbocycles. The molecule has 0 aliphatic carbocycles. The zero-order valence-corrected chi connectivity index (χ0v) is 10.1. The Balaban J connectivity index is -0.000000180. The van der Waals surface area contributed by atoms with Gasteiger partial charge in [-0.15, -0.1) is 7.92 Å². The zero-order chi connectivity index (χ0) is 5.70. The summed E-state index contributed by atoms with van der Waals surface area (Å²) in [6.07, 6.45) is 4.26. The molecule has 0 aliphatic heterocycles. The summed E-state index contributed by atoms with van der Waals surface area (Å²) in [6, 6.07) is 0. The van der Waals surface area contributed by atoms with Gasteiger partial charge in [-0.2, -0.15) is 0 Å². The summed E-state index contributed by atoms with van der Waals surface area (Å²) in [6.45, 7) is 6.87. The van der Waals surface area contributed by atoms with Crippen molar-refractivity contribution in [3.8, 4) is 0 Å². The standard InChI is InChI=1S/C6H15P.Au.Cl/c1-4-7(5-2)6-3;;/h4-6H2,1-3H3;;. The van der Waals surface area contributed by atoms with Crippen molar-refractivity contribution in [2.24, 2.45) is 0 Å². The van der Waals surface area contributed by atoms with Crippen molar-refractivity contribution in [1.29, 1.82) is 0 Å². The molecular formula is C6H15AuClP. The van der Waals surface area contributed by atoms with Gasteiger partial charge in [-0.3, -0.25) is 0 Å².